The van der Waals surface area contributed by atoms with Crippen molar-refractivity contribution in [3.63, 3.8) is 0 Å². The Morgan fingerprint density at radius 1 is 1.44 bits per heavy atom. The Bertz CT molecular complexity index is 198. The Morgan fingerprint density at radius 3 is 2.33 bits per heavy atom. The van der Waals surface area contributed by atoms with Gasteiger partial charge in [-0.3, -0.25) is 0 Å². The molecule has 0 aromatic carbocycles. The standard InChI is InChI=1S/C8H13N/c1-4-8-7(3)6(2)5-9-8/h5,9H,4H2,1-3H3. The summed E-state index contributed by atoms with van der Waals surface area (Å²) in [5.41, 5.74) is 4.15. The van der Waals surface area contributed by atoms with E-state index in [-0.39, 0.29) is 0 Å². The molecule has 0 spiro atoms. The zero-order valence-electron chi connectivity index (χ0n) is 6.28. The van der Waals surface area contributed by atoms with Crippen LogP contribution in [0.1, 0.15) is 23.7 Å². The molecule has 0 aliphatic heterocycles. The number of rotatable bonds is 1. The minimum absolute atomic E-state index is 1.11. The fourth-order valence-electron chi connectivity index (χ4n) is 1.02. The summed E-state index contributed by atoms with van der Waals surface area (Å²) in [7, 11) is 0. The van der Waals surface area contributed by atoms with Gasteiger partial charge in [0.1, 0.15) is 0 Å². The highest BCUT2D eigenvalue weighted by atomic mass is 14.7. The number of hydrogen-bond acceptors (Lipinski definition) is 0. The molecule has 0 radical (unpaired) electrons. The first-order valence-corrected chi connectivity index (χ1v) is 3.39. The molecular formula is C8H13N. The minimum atomic E-state index is 1.11. The van der Waals surface area contributed by atoms with Crippen LogP contribution in [0.25, 0.3) is 0 Å². The smallest absolute Gasteiger partial charge is 0.0176 e. The average Bonchev–Trinajstić information content (AvgIpc) is 2.15. The van der Waals surface area contributed by atoms with Crippen molar-refractivity contribution in [3.05, 3.63) is 23.0 Å². The van der Waals surface area contributed by atoms with Crippen molar-refractivity contribution in [2.24, 2.45) is 0 Å². The van der Waals surface area contributed by atoms with E-state index in [9.17, 15) is 0 Å². The highest BCUT2D eigenvalue weighted by molar-refractivity contribution is 5.27. The number of aromatic nitrogens is 1. The lowest BCUT2D eigenvalue weighted by Gasteiger charge is -1.92. The molecule has 0 fully saturated rings. The van der Waals surface area contributed by atoms with Crippen LogP contribution in [-0.4, -0.2) is 4.98 Å². The topological polar surface area (TPSA) is 15.8 Å². The summed E-state index contributed by atoms with van der Waals surface area (Å²) in [6, 6.07) is 0. The molecule has 1 rings (SSSR count). The molecule has 1 nitrogen and oxygen atoms in total. The molecule has 0 atom stereocenters. The fourth-order valence-corrected chi connectivity index (χ4v) is 1.02. The number of H-pyrrole nitrogens is 1. The Labute approximate surface area is 56.1 Å². The fraction of sp³-hybridized carbons (Fsp3) is 0.500. The van der Waals surface area contributed by atoms with E-state index in [1.54, 1.807) is 0 Å². The number of nitrogens with one attached hydrogen (secondary N) is 1. The predicted molar refractivity (Wildman–Crippen MR) is 39.6 cm³/mol. The van der Waals surface area contributed by atoms with E-state index in [2.05, 4.69) is 32.0 Å². The summed E-state index contributed by atoms with van der Waals surface area (Å²) >= 11 is 0. The number of aromatic amines is 1. The van der Waals surface area contributed by atoms with E-state index in [1.165, 1.54) is 16.8 Å². The lowest BCUT2D eigenvalue weighted by Crippen LogP contribution is -1.81. The van der Waals surface area contributed by atoms with Gasteiger partial charge in [0.2, 0.25) is 0 Å². The summed E-state index contributed by atoms with van der Waals surface area (Å²) in [6.45, 7) is 6.45. The monoisotopic (exact) mass is 123 g/mol. The molecule has 1 heterocycles. The molecule has 1 heteroatoms. The summed E-state index contributed by atoms with van der Waals surface area (Å²) < 4.78 is 0. The van der Waals surface area contributed by atoms with Crippen LogP contribution in [0.15, 0.2) is 6.20 Å². The van der Waals surface area contributed by atoms with Gasteiger partial charge in [0.15, 0.2) is 0 Å². The second-order valence-electron chi connectivity index (χ2n) is 2.43. The third-order valence-corrected chi connectivity index (χ3v) is 1.86. The van der Waals surface area contributed by atoms with Gasteiger partial charge in [-0.15, -0.1) is 0 Å². The summed E-state index contributed by atoms with van der Waals surface area (Å²) in [6.07, 6.45) is 3.17. The molecule has 0 saturated carbocycles. The molecule has 0 unspecified atom stereocenters. The Morgan fingerprint density at radius 2 is 2.11 bits per heavy atom. The van der Waals surface area contributed by atoms with Gasteiger partial charge in [-0.05, 0) is 31.4 Å². The zero-order chi connectivity index (χ0) is 6.85. The molecule has 0 bridgehead atoms. The van der Waals surface area contributed by atoms with Crippen molar-refractivity contribution in [2.45, 2.75) is 27.2 Å². The van der Waals surface area contributed by atoms with Crippen molar-refractivity contribution in [2.75, 3.05) is 0 Å². The summed E-state index contributed by atoms with van der Waals surface area (Å²) in [4.78, 5) is 3.22. The van der Waals surface area contributed by atoms with Gasteiger partial charge >= 0.3 is 0 Å². The number of aryl methyl sites for hydroxylation is 2. The molecular weight excluding hydrogens is 110 g/mol. The second kappa shape index (κ2) is 2.26. The molecule has 0 saturated heterocycles. The van der Waals surface area contributed by atoms with Crippen molar-refractivity contribution < 1.29 is 0 Å². The van der Waals surface area contributed by atoms with Crippen molar-refractivity contribution in [1.82, 2.24) is 4.98 Å². The van der Waals surface area contributed by atoms with Gasteiger partial charge in [0.05, 0.1) is 0 Å². The van der Waals surface area contributed by atoms with E-state index in [0.717, 1.165) is 6.42 Å². The molecule has 1 N–H and O–H groups in total. The maximum Gasteiger partial charge on any atom is 0.0176 e. The van der Waals surface area contributed by atoms with Crippen LogP contribution in [0.3, 0.4) is 0 Å². The Kier molecular flexibility index (Phi) is 1.60. The minimum Gasteiger partial charge on any atom is -0.365 e. The van der Waals surface area contributed by atoms with Gasteiger partial charge in [0, 0.05) is 11.9 Å². The quantitative estimate of drug-likeness (QED) is 0.589. The average molecular weight is 123 g/mol. The molecule has 0 aliphatic rings. The van der Waals surface area contributed by atoms with Gasteiger partial charge in [0.25, 0.3) is 0 Å². The summed E-state index contributed by atoms with van der Waals surface area (Å²) in [5.74, 6) is 0. The van der Waals surface area contributed by atoms with Crippen LogP contribution in [0.2, 0.25) is 0 Å². The van der Waals surface area contributed by atoms with E-state index >= 15 is 0 Å². The van der Waals surface area contributed by atoms with Gasteiger partial charge < -0.3 is 4.98 Å². The van der Waals surface area contributed by atoms with Crippen LogP contribution in [0, 0.1) is 13.8 Å². The Balaban J connectivity index is 3.04. The molecule has 1 aromatic rings. The Hall–Kier alpha value is -0.720. The van der Waals surface area contributed by atoms with Crippen LogP contribution >= 0.6 is 0 Å². The highest BCUT2D eigenvalue weighted by Gasteiger charge is 1.98. The van der Waals surface area contributed by atoms with Crippen LogP contribution < -0.4 is 0 Å². The lowest BCUT2D eigenvalue weighted by molar-refractivity contribution is 1.04. The van der Waals surface area contributed by atoms with Crippen LogP contribution in [0.4, 0.5) is 0 Å². The van der Waals surface area contributed by atoms with Crippen LogP contribution in [-0.2, 0) is 6.42 Å². The van der Waals surface area contributed by atoms with Crippen LogP contribution in [0.5, 0.6) is 0 Å². The molecule has 50 valence electrons. The highest BCUT2D eigenvalue weighted by Crippen LogP contribution is 2.10. The van der Waals surface area contributed by atoms with E-state index in [1.807, 2.05) is 0 Å². The molecule has 1 aromatic heterocycles. The van der Waals surface area contributed by atoms with Gasteiger partial charge in [-0.25, -0.2) is 0 Å². The van der Waals surface area contributed by atoms with Crippen molar-refractivity contribution >= 4 is 0 Å². The third-order valence-electron chi connectivity index (χ3n) is 1.86. The molecule has 9 heavy (non-hydrogen) atoms. The second-order valence-corrected chi connectivity index (χ2v) is 2.43. The maximum atomic E-state index is 3.22. The first-order chi connectivity index (χ1) is 4.25. The maximum absolute atomic E-state index is 3.22. The zero-order valence-corrected chi connectivity index (χ0v) is 6.28. The predicted octanol–water partition coefficient (Wildman–Crippen LogP) is 2.19. The first kappa shape index (κ1) is 6.40. The normalized spacial score (nSPS) is 10.1. The summed E-state index contributed by atoms with van der Waals surface area (Å²) in [5, 5.41) is 0. The largest absolute Gasteiger partial charge is 0.365 e. The van der Waals surface area contributed by atoms with Crippen molar-refractivity contribution in [3.8, 4) is 0 Å². The first-order valence-electron chi connectivity index (χ1n) is 3.39. The van der Waals surface area contributed by atoms with E-state index in [4.69, 9.17) is 0 Å². The van der Waals surface area contributed by atoms with Gasteiger partial charge in [-0.2, -0.15) is 0 Å². The van der Waals surface area contributed by atoms with E-state index in [0.29, 0.717) is 0 Å². The lowest BCUT2D eigenvalue weighted by atomic mass is 10.2. The molecule has 0 amide bonds. The van der Waals surface area contributed by atoms with E-state index < -0.39 is 0 Å². The van der Waals surface area contributed by atoms with Gasteiger partial charge in [-0.1, -0.05) is 6.92 Å². The third kappa shape index (κ3) is 0.995. The molecule has 0 aliphatic carbocycles. The SMILES string of the molecule is CCc1[nH]cc(C)c1C. The van der Waals surface area contributed by atoms with Crippen molar-refractivity contribution in [1.29, 1.82) is 0 Å². The number of hydrogen-bond donors (Lipinski definition) is 1.